The SMILES string of the molecule is O=C(O)c1cccc(OCCN2CCC3(CC2)OCCO3)c1. The molecule has 0 unspecified atom stereocenters. The van der Waals surface area contributed by atoms with Crippen LogP contribution in [0.2, 0.25) is 0 Å². The second kappa shape index (κ2) is 6.64. The van der Waals surface area contributed by atoms with E-state index in [-0.39, 0.29) is 11.4 Å². The van der Waals surface area contributed by atoms with Crippen LogP contribution in [0, 0.1) is 0 Å². The van der Waals surface area contributed by atoms with Gasteiger partial charge in [-0.2, -0.15) is 0 Å². The molecular formula is C16H21NO5. The highest BCUT2D eigenvalue weighted by atomic mass is 16.7. The third-order valence-corrected chi connectivity index (χ3v) is 4.19. The normalized spacial score (nSPS) is 21.1. The topological polar surface area (TPSA) is 68.2 Å². The molecular weight excluding hydrogens is 286 g/mol. The quantitative estimate of drug-likeness (QED) is 0.891. The first-order valence-corrected chi connectivity index (χ1v) is 7.63. The number of likely N-dealkylation sites (tertiary alicyclic amines) is 1. The van der Waals surface area contributed by atoms with Crippen molar-refractivity contribution in [2.75, 3.05) is 39.5 Å². The summed E-state index contributed by atoms with van der Waals surface area (Å²) in [6.07, 6.45) is 1.78. The molecule has 1 aromatic rings. The van der Waals surface area contributed by atoms with Gasteiger partial charge < -0.3 is 19.3 Å². The van der Waals surface area contributed by atoms with Crippen LogP contribution in [0.4, 0.5) is 0 Å². The molecule has 2 fully saturated rings. The zero-order valence-corrected chi connectivity index (χ0v) is 12.5. The number of piperidine rings is 1. The minimum Gasteiger partial charge on any atom is -0.492 e. The molecule has 6 nitrogen and oxygen atoms in total. The molecule has 0 aromatic heterocycles. The molecule has 3 rings (SSSR count). The lowest BCUT2D eigenvalue weighted by atomic mass is 10.0. The van der Waals surface area contributed by atoms with Crippen molar-refractivity contribution >= 4 is 5.97 Å². The second-order valence-electron chi connectivity index (χ2n) is 5.63. The molecule has 1 spiro atoms. The largest absolute Gasteiger partial charge is 0.492 e. The van der Waals surface area contributed by atoms with Gasteiger partial charge in [0.05, 0.1) is 18.8 Å². The van der Waals surface area contributed by atoms with Crippen LogP contribution in [0.3, 0.4) is 0 Å². The average molecular weight is 307 g/mol. The number of benzene rings is 1. The van der Waals surface area contributed by atoms with Crippen LogP contribution in [0.1, 0.15) is 23.2 Å². The standard InChI is InChI=1S/C16H21NO5/c18-15(19)13-2-1-3-14(12-13)20-9-8-17-6-4-16(5-7-17)21-10-11-22-16/h1-3,12H,4-11H2,(H,18,19). The van der Waals surface area contributed by atoms with E-state index >= 15 is 0 Å². The smallest absolute Gasteiger partial charge is 0.335 e. The number of rotatable bonds is 5. The number of carbonyl (C=O) groups is 1. The second-order valence-corrected chi connectivity index (χ2v) is 5.63. The van der Waals surface area contributed by atoms with E-state index in [1.807, 2.05) is 0 Å². The molecule has 1 aromatic carbocycles. The van der Waals surface area contributed by atoms with Crippen molar-refractivity contribution in [2.45, 2.75) is 18.6 Å². The van der Waals surface area contributed by atoms with Crippen molar-refractivity contribution in [1.82, 2.24) is 4.90 Å². The summed E-state index contributed by atoms with van der Waals surface area (Å²) in [5.74, 6) is -0.688. The summed E-state index contributed by atoms with van der Waals surface area (Å²) in [4.78, 5) is 13.2. The summed E-state index contributed by atoms with van der Waals surface area (Å²) in [6.45, 7) is 4.61. The van der Waals surface area contributed by atoms with E-state index in [0.29, 0.717) is 25.6 Å². The Morgan fingerprint density at radius 2 is 2.00 bits per heavy atom. The van der Waals surface area contributed by atoms with Crippen LogP contribution < -0.4 is 4.74 Å². The number of nitrogens with zero attached hydrogens (tertiary/aromatic N) is 1. The summed E-state index contributed by atoms with van der Waals surface area (Å²) in [5.41, 5.74) is 0.243. The van der Waals surface area contributed by atoms with Gasteiger partial charge in [-0.25, -0.2) is 4.79 Å². The van der Waals surface area contributed by atoms with Gasteiger partial charge in [0.15, 0.2) is 5.79 Å². The predicted molar refractivity (Wildman–Crippen MR) is 79.2 cm³/mol. The molecule has 22 heavy (non-hydrogen) atoms. The summed E-state index contributed by atoms with van der Waals surface area (Å²) in [6, 6.07) is 6.57. The lowest BCUT2D eigenvalue weighted by Crippen LogP contribution is -2.46. The predicted octanol–water partition coefficient (Wildman–Crippen LogP) is 1.60. The Labute approximate surface area is 129 Å². The molecule has 0 atom stereocenters. The van der Waals surface area contributed by atoms with Gasteiger partial charge in [-0.3, -0.25) is 4.90 Å². The third kappa shape index (κ3) is 3.58. The molecule has 2 heterocycles. The zero-order valence-electron chi connectivity index (χ0n) is 12.5. The third-order valence-electron chi connectivity index (χ3n) is 4.19. The highest BCUT2D eigenvalue weighted by Gasteiger charge is 2.39. The fraction of sp³-hybridized carbons (Fsp3) is 0.562. The highest BCUT2D eigenvalue weighted by Crippen LogP contribution is 2.31. The molecule has 0 aliphatic carbocycles. The maximum Gasteiger partial charge on any atom is 0.335 e. The van der Waals surface area contributed by atoms with E-state index in [1.165, 1.54) is 0 Å². The fourth-order valence-corrected chi connectivity index (χ4v) is 2.91. The van der Waals surface area contributed by atoms with E-state index in [2.05, 4.69) is 4.90 Å². The first kappa shape index (κ1) is 15.3. The molecule has 0 bridgehead atoms. The summed E-state index contributed by atoms with van der Waals surface area (Å²) >= 11 is 0. The van der Waals surface area contributed by atoms with Gasteiger partial charge >= 0.3 is 5.97 Å². The Balaban J connectivity index is 1.42. The first-order valence-electron chi connectivity index (χ1n) is 7.63. The Kier molecular flexibility index (Phi) is 4.61. The lowest BCUT2D eigenvalue weighted by Gasteiger charge is -2.37. The average Bonchev–Trinajstić information content (AvgIpc) is 2.98. The molecule has 1 N–H and O–H groups in total. The van der Waals surface area contributed by atoms with Gasteiger partial charge in [0, 0.05) is 32.5 Å². The number of hydrogen-bond acceptors (Lipinski definition) is 5. The molecule has 0 radical (unpaired) electrons. The van der Waals surface area contributed by atoms with Crippen LogP contribution in [-0.2, 0) is 9.47 Å². The summed E-state index contributed by atoms with van der Waals surface area (Å²) in [5, 5.41) is 8.95. The number of ether oxygens (including phenoxy) is 3. The Morgan fingerprint density at radius 1 is 1.27 bits per heavy atom. The number of hydrogen-bond donors (Lipinski definition) is 1. The van der Waals surface area contributed by atoms with Crippen molar-refractivity contribution in [3.05, 3.63) is 29.8 Å². The van der Waals surface area contributed by atoms with E-state index in [9.17, 15) is 4.79 Å². The lowest BCUT2D eigenvalue weighted by molar-refractivity contribution is -0.185. The van der Waals surface area contributed by atoms with Crippen molar-refractivity contribution in [1.29, 1.82) is 0 Å². The summed E-state index contributed by atoms with van der Waals surface area (Å²) in [7, 11) is 0. The van der Waals surface area contributed by atoms with Crippen LogP contribution in [0.15, 0.2) is 24.3 Å². The van der Waals surface area contributed by atoms with E-state index < -0.39 is 5.97 Å². The summed E-state index contributed by atoms with van der Waals surface area (Å²) < 4.78 is 17.1. The van der Waals surface area contributed by atoms with Gasteiger partial charge in [0.25, 0.3) is 0 Å². The molecule has 0 amide bonds. The number of carboxylic acids is 1. The molecule has 2 aliphatic rings. The van der Waals surface area contributed by atoms with Crippen molar-refractivity contribution in [3.63, 3.8) is 0 Å². The molecule has 2 aliphatic heterocycles. The number of aromatic carboxylic acids is 1. The van der Waals surface area contributed by atoms with Crippen LogP contribution in [0.25, 0.3) is 0 Å². The van der Waals surface area contributed by atoms with Crippen molar-refractivity contribution in [3.8, 4) is 5.75 Å². The van der Waals surface area contributed by atoms with Crippen LogP contribution >= 0.6 is 0 Å². The van der Waals surface area contributed by atoms with E-state index in [4.69, 9.17) is 19.3 Å². The maximum atomic E-state index is 10.9. The van der Waals surface area contributed by atoms with Gasteiger partial charge in [0.1, 0.15) is 12.4 Å². The highest BCUT2D eigenvalue weighted by molar-refractivity contribution is 5.87. The van der Waals surface area contributed by atoms with Crippen LogP contribution in [-0.4, -0.2) is 61.2 Å². The fourth-order valence-electron chi connectivity index (χ4n) is 2.91. The van der Waals surface area contributed by atoms with Crippen molar-refractivity contribution in [2.24, 2.45) is 0 Å². The number of carboxylic acid groups (broad SMARTS) is 1. The van der Waals surface area contributed by atoms with Gasteiger partial charge in [-0.1, -0.05) is 6.07 Å². The molecule has 6 heteroatoms. The Hall–Kier alpha value is -1.63. The zero-order chi connectivity index (χ0) is 15.4. The van der Waals surface area contributed by atoms with Crippen molar-refractivity contribution < 1.29 is 24.1 Å². The van der Waals surface area contributed by atoms with Gasteiger partial charge in [-0.15, -0.1) is 0 Å². The monoisotopic (exact) mass is 307 g/mol. The molecule has 120 valence electrons. The first-order chi connectivity index (χ1) is 10.7. The molecule has 2 saturated heterocycles. The minimum atomic E-state index is -0.941. The van der Waals surface area contributed by atoms with Gasteiger partial charge in [0.2, 0.25) is 0 Å². The Morgan fingerprint density at radius 3 is 2.68 bits per heavy atom. The van der Waals surface area contributed by atoms with E-state index in [1.54, 1.807) is 24.3 Å². The van der Waals surface area contributed by atoms with E-state index in [0.717, 1.165) is 32.5 Å². The minimum absolute atomic E-state index is 0.243. The maximum absolute atomic E-state index is 10.9. The molecule has 0 saturated carbocycles. The van der Waals surface area contributed by atoms with Gasteiger partial charge in [-0.05, 0) is 18.2 Å². The van der Waals surface area contributed by atoms with Crippen LogP contribution in [0.5, 0.6) is 5.75 Å². The Bertz CT molecular complexity index is 517.